The Hall–Kier alpha value is -2.50. The van der Waals surface area contributed by atoms with Crippen LogP contribution in [-0.2, 0) is 16.4 Å². The van der Waals surface area contributed by atoms with Gasteiger partial charge in [0.15, 0.2) is 0 Å². The Bertz CT molecular complexity index is 797. The molecule has 28 heavy (non-hydrogen) atoms. The number of carbonyl (C=O) groups excluding carboxylic acids is 1. The van der Waals surface area contributed by atoms with Gasteiger partial charge in [0, 0.05) is 18.3 Å². The van der Waals surface area contributed by atoms with Gasteiger partial charge in [-0.15, -0.1) is 0 Å². The molecule has 0 saturated heterocycles. The molecule has 0 spiro atoms. The molecular weight excluding hydrogens is 365 g/mol. The first-order chi connectivity index (χ1) is 13.2. The number of carbonyl (C=O) groups is 1. The van der Waals surface area contributed by atoms with Gasteiger partial charge < -0.3 is 10.6 Å². The molecule has 0 bridgehead atoms. The van der Waals surface area contributed by atoms with Crippen LogP contribution in [0.3, 0.4) is 0 Å². The Morgan fingerprint density at radius 3 is 2.14 bits per heavy atom. The second-order valence-corrected chi connectivity index (χ2v) is 7.73. The van der Waals surface area contributed by atoms with Gasteiger partial charge in [-0.2, -0.15) is 13.2 Å². The van der Waals surface area contributed by atoms with E-state index in [1.807, 2.05) is 44.2 Å². The van der Waals surface area contributed by atoms with Gasteiger partial charge in [-0.3, -0.25) is 4.79 Å². The number of hydrogen-bond acceptors (Lipinski definition) is 2. The molecule has 0 unspecified atom stereocenters. The van der Waals surface area contributed by atoms with Crippen molar-refractivity contribution in [3.05, 3.63) is 65.7 Å². The number of anilines is 1. The molecule has 1 aliphatic rings. The Morgan fingerprint density at radius 2 is 1.64 bits per heavy atom. The fraction of sp³-hybridized carbons (Fsp3) is 0.409. The largest absolute Gasteiger partial charge is 0.416 e. The molecule has 0 heterocycles. The van der Waals surface area contributed by atoms with Crippen molar-refractivity contribution < 1.29 is 18.0 Å². The van der Waals surface area contributed by atoms with Crippen LogP contribution in [0, 0.1) is 5.92 Å². The smallest absolute Gasteiger partial charge is 0.380 e. The summed E-state index contributed by atoms with van der Waals surface area (Å²) in [6.07, 6.45) is -2.68. The molecule has 0 aliphatic heterocycles. The lowest BCUT2D eigenvalue weighted by atomic mass is 9.94. The average Bonchev–Trinajstić information content (AvgIpc) is 3.47. The average molecular weight is 390 g/mol. The molecule has 1 saturated carbocycles. The number of rotatable bonds is 7. The maximum Gasteiger partial charge on any atom is 0.416 e. The van der Waals surface area contributed by atoms with E-state index >= 15 is 0 Å². The van der Waals surface area contributed by atoms with E-state index in [1.165, 1.54) is 12.1 Å². The van der Waals surface area contributed by atoms with Crippen LogP contribution < -0.4 is 10.6 Å². The lowest BCUT2D eigenvalue weighted by Crippen LogP contribution is -2.43. The van der Waals surface area contributed by atoms with E-state index in [-0.39, 0.29) is 17.9 Å². The second kappa shape index (κ2) is 7.86. The summed E-state index contributed by atoms with van der Waals surface area (Å²) < 4.78 is 38.1. The molecule has 6 heteroatoms. The molecule has 1 atom stereocenters. The molecule has 1 fully saturated rings. The van der Waals surface area contributed by atoms with E-state index < -0.39 is 17.2 Å². The highest BCUT2D eigenvalue weighted by Gasteiger charge is 2.51. The topological polar surface area (TPSA) is 41.1 Å². The summed E-state index contributed by atoms with van der Waals surface area (Å²) in [6, 6.07) is 14.6. The number of halogens is 3. The first-order valence-corrected chi connectivity index (χ1v) is 9.50. The normalized spacial score (nSPS) is 16.5. The van der Waals surface area contributed by atoms with Crippen molar-refractivity contribution in [1.82, 2.24) is 5.32 Å². The summed E-state index contributed by atoms with van der Waals surface area (Å²) in [4.78, 5) is 12.8. The van der Waals surface area contributed by atoms with Crippen molar-refractivity contribution in [2.24, 2.45) is 5.92 Å². The monoisotopic (exact) mass is 390 g/mol. The molecule has 1 amide bonds. The Kier molecular flexibility index (Phi) is 5.68. The van der Waals surface area contributed by atoms with Gasteiger partial charge in [0.1, 0.15) is 0 Å². The summed E-state index contributed by atoms with van der Waals surface area (Å²) in [5.41, 5.74) is 0.525. The number of hydrogen-bond donors (Lipinski definition) is 2. The van der Waals surface area contributed by atoms with Crippen LogP contribution in [0.4, 0.5) is 18.9 Å². The standard InChI is InChI=1S/C22H25F3N2O/c1-15(2)19(27-18-10-8-17(9-11-18)22(23,24)25)14-26-20(28)21(12-13-21)16-6-4-3-5-7-16/h3-11,15,19,27H,12-14H2,1-2H3,(H,26,28)/t19-/m0/s1. The van der Waals surface area contributed by atoms with Crippen molar-refractivity contribution in [2.45, 2.75) is 44.3 Å². The molecule has 2 aromatic carbocycles. The Labute approximate surface area is 163 Å². The maximum absolute atomic E-state index is 12.8. The SMILES string of the molecule is CC(C)[C@H](CNC(=O)C1(c2ccccc2)CC1)Nc1ccc(C(F)(F)F)cc1. The molecular formula is C22H25F3N2O. The quantitative estimate of drug-likeness (QED) is 0.699. The van der Waals surface area contributed by atoms with E-state index in [0.717, 1.165) is 30.5 Å². The number of amides is 1. The first-order valence-electron chi connectivity index (χ1n) is 9.50. The van der Waals surface area contributed by atoms with Crippen molar-refractivity contribution in [3.8, 4) is 0 Å². The van der Waals surface area contributed by atoms with Crippen LogP contribution in [0.15, 0.2) is 54.6 Å². The third kappa shape index (κ3) is 4.49. The van der Waals surface area contributed by atoms with Gasteiger partial charge in [-0.05, 0) is 48.6 Å². The highest BCUT2D eigenvalue weighted by molar-refractivity contribution is 5.91. The molecule has 3 rings (SSSR count). The summed E-state index contributed by atoms with van der Waals surface area (Å²) >= 11 is 0. The zero-order chi connectivity index (χ0) is 20.4. The van der Waals surface area contributed by atoms with Gasteiger partial charge in [0.2, 0.25) is 5.91 Å². The van der Waals surface area contributed by atoms with Gasteiger partial charge in [-0.25, -0.2) is 0 Å². The molecule has 150 valence electrons. The minimum absolute atomic E-state index is 0.0126. The highest BCUT2D eigenvalue weighted by atomic mass is 19.4. The van der Waals surface area contributed by atoms with Crippen molar-refractivity contribution in [1.29, 1.82) is 0 Å². The van der Waals surface area contributed by atoms with E-state index in [9.17, 15) is 18.0 Å². The lowest BCUT2D eigenvalue weighted by molar-refractivity contribution is -0.137. The molecule has 3 nitrogen and oxygen atoms in total. The van der Waals surface area contributed by atoms with Gasteiger partial charge >= 0.3 is 6.18 Å². The molecule has 1 aliphatic carbocycles. The van der Waals surface area contributed by atoms with Crippen LogP contribution >= 0.6 is 0 Å². The molecule has 0 radical (unpaired) electrons. The zero-order valence-corrected chi connectivity index (χ0v) is 16.0. The third-order valence-corrected chi connectivity index (χ3v) is 5.36. The fourth-order valence-corrected chi connectivity index (χ4v) is 3.32. The van der Waals surface area contributed by atoms with E-state index in [0.29, 0.717) is 12.2 Å². The van der Waals surface area contributed by atoms with Crippen LogP contribution in [0.2, 0.25) is 0 Å². The van der Waals surface area contributed by atoms with Gasteiger partial charge in [0.25, 0.3) is 0 Å². The first kappa shape index (κ1) is 20.2. The Morgan fingerprint density at radius 1 is 1.04 bits per heavy atom. The van der Waals surface area contributed by atoms with Crippen molar-refractivity contribution in [2.75, 3.05) is 11.9 Å². The fourth-order valence-electron chi connectivity index (χ4n) is 3.32. The molecule has 2 N–H and O–H groups in total. The van der Waals surface area contributed by atoms with Crippen molar-refractivity contribution >= 4 is 11.6 Å². The van der Waals surface area contributed by atoms with Crippen LogP contribution in [0.25, 0.3) is 0 Å². The second-order valence-electron chi connectivity index (χ2n) is 7.73. The third-order valence-electron chi connectivity index (χ3n) is 5.36. The summed E-state index contributed by atoms with van der Waals surface area (Å²) in [5.74, 6) is 0.202. The molecule has 2 aromatic rings. The van der Waals surface area contributed by atoms with Gasteiger partial charge in [0.05, 0.1) is 11.0 Å². The van der Waals surface area contributed by atoms with Crippen LogP contribution in [0.5, 0.6) is 0 Å². The predicted octanol–water partition coefficient (Wildman–Crippen LogP) is 4.99. The predicted molar refractivity (Wildman–Crippen MR) is 104 cm³/mol. The van der Waals surface area contributed by atoms with E-state index in [1.54, 1.807) is 0 Å². The lowest BCUT2D eigenvalue weighted by Gasteiger charge is -2.25. The summed E-state index contributed by atoms with van der Waals surface area (Å²) in [6.45, 7) is 4.43. The maximum atomic E-state index is 12.8. The van der Waals surface area contributed by atoms with E-state index in [2.05, 4.69) is 10.6 Å². The van der Waals surface area contributed by atoms with Crippen LogP contribution in [-0.4, -0.2) is 18.5 Å². The summed E-state index contributed by atoms with van der Waals surface area (Å²) in [7, 11) is 0. The van der Waals surface area contributed by atoms with Gasteiger partial charge in [-0.1, -0.05) is 44.2 Å². The minimum Gasteiger partial charge on any atom is -0.380 e. The Balaban J connectivity index is 1.62. The minimum atomic E-state index is -4.35. The summed E-state index contributed by atoms with van der Waals surface area (Å²) in [5, 5.41) is 6.28. The van der Waals surface area contributed by atoms with Crippen LogP contribution in [0.1, 0.15) is 37.8 Å². The zero-order valence-electron chi connectivity index (χ0n) is 16.0. The molecule has 0 aromatic heterocycles. The van der Waals surface area contributed by atoms with E-state index in [4.69, 9.17) is 0 Å². The number of alkyl halides is 3. The van der Waals surface area contributed by atoms with Crippen molar-refractivity contribution in [3.63, 3.8) is 0 Å². The number of nitrogens with one attached hydrogen (secondary N) is 2. The number of benzene rings is 2. The highest BCUT2D eigenvalue weighted by Crippen LogP contribution is 2.48.